The van der Waals surface area contributed by atoms with Crippen LogP contribution in [0.1, 0.15) is 48.5 Å². The van der Waals surface area contributed by atoms with Gasteiger partial charge in [-0.05, 0) is 77.6 Å². The van der Waals surface area contributed by atoms with Gasteiger partial charge in [0.15, 0.2) is 0 Å². The Morgan fingerprint density at radius 3 is 1.76 bits per heavy atom. The monoisotopic (exact) mass is 560 g/mol. The Balaban J connectivity index is 1.31. The van der Waals surface area contributed by atoms with Crippen molar-refractivity contribution in [3.8, 4) is 17.2 Å². The van der Waals surface area contributed by atoms with Crippen LogP contribution in [0.4, 0.5) is 0 Å². The van der Waals surface area contributed by atoms with Crippen LogP contribution in [0.25, 0.3) is 0 Å². The third-order valence-corrected chi connectivity index (χ3v) is 6.65. The molecule has 5 rings (SSSR count). The van der Waals surface area contributed by atoms with Gasteiger partial charge >= 0.3 is 11.9 Å². The molecule has 0 radical (unpaired) electrons. The van der Waals surface area contributed by atoms with E-state index in [1.807, 2.05) is 78.9 Å². The Labute approximate surface area is 243 Å². The molecule has 0 aliphatic rings. The van der Waals surface area contributed by atoms with E-state index < -0.39 is 11.9 Å². The topological polar surface area (TPSA) is 102 Å². The van der Waals surface area contributed by atoms with Crippen molar-refractivity contribution in [1.29, 1.82) is 0 Å². The smallest absolute Gasteiger partial charge is 0.344 e. The molecule has 0 fully saturated rings. The van der Waals surface area contributed by atoms with Gasteiger partial charge in [-0.2, -0.15) is 0 Å². The summed E-state index contributed by atoms with van der Waals surface area (Å²) in [6, 6.07) is 36.5. The first-order chi connectivity index (χ1) is 20.5. The second kappa shape index (κ2) is 13.4. The van der Waals surface area contributed by atoms with E-state index in [1.165, 1.54) is 6.07 Å². The van der Waals surface area contributed by atoms with Gasteiger partial charge in [0.2, 0.25) is 0 Å². The van der Waals surface area contributed by atoms with Crippen LogP contribution in [0.15, 0.2) is 121 Å². The Hall–Kier alpha value is -5.24. The van der Waals surface area contributed by atoms with E-state index in [-0.39, 0.29) is 23.5 Å². The van der Waals surface area contributed by atoms with Gasteiger partial charge < -0.3 is 14.6 Å². The molecule has 0 atom stereocenters. The number of aromatic carboxylic acids is 1. The summed E-state index contributed by atoms with van der Waals surface area (Å²) in [5.74, 6) is -0.763. The molecule has 0 unspecified atom stereocenters. The number of hydrogen-bond acceptors (Lipinski definition) is 6. The minimum Gasteiger partial charge on any atom is -0.478 e. The number of ether oxygens (including phenoxy) is 2. The van der Waals surface area contributed by atoms with Crippen LogP contribution < -0.4 is 9.47 Å². The SMILES string of the molecule is O=C(O)c1ccc(Cc2ccccc2)cc1C(=O)Oc1ccc(Oc2cc(Cc3ccccc3)ccc2COO)cc1. The molecule has 0 saturated heterocycles. The number of esters is 1. The van der Waals surface area contributed by atoms with Crippen molar-refractivity contribution in [1.82, 2.24) is 0 Å². The van der Waals surface area contributed by atoms with Crippen molar-refractivity contribution < 1.29 is 34.3 Å². The summed E-state index contributed by atoms with van der Waals surface area (Å²) in [5.41, 5.74) is 4.49. The molecule has 0 amide bonds. The molecule has 0 bridgehead atoms. The molecule has 7 heteroatoms. The van der Waals surface area contributed by atoms with Crippen LogP contribution in [0.3, 0.4) is 0 Å². The standard InChI is InChI=1S/C35H28O7/c36-34(37)31-18-12-26(19-24-7-3-1-4-8-24)21-32(31)35(38)42-30-16-14-29(15-17-30)41-33-22-27(11-13-28(33)23-40-39)20-25-9-5-2-6-10-25/h1-18,21-22,39H,19-20,23H2,(H,36,37). The van der Waals surface area contributed by atoms with E-state index in [9.17, 15) is 14.7 Å². The fourth-order valence-corrected chi connectivity index (χ4v) is 4.58. The maximum Gasteiger partial charge on any atom is 0.344 e. The maximum atomic E-state index is 13.1. The summed E-state index contributed by atoms with van der Waals surface area (Å²) in [6.07, 6.45) is 1.25. The summed E-state index contributed by atoms with van der Waals surface area (Å²) < 4.78 is 11.6. The van der Waals surface area contributed by atoms with Gasteiger partial charge in [0.05, 0.1) is 11.1 Å². The van der Waals surface area contributed by atoms with E-state index in [2.05, 4.69) is 4.89 Å². The molecule has 0 aromatic heterocycles. The van der Waals surface area contributed by atoms with Crippen LogP contribution in [0.5, 0.6) is 17.2 Å². The van der Waals surface area contributed by atoms with Crippen molar-refractivity contribution >= 4 is 11.9 Å². The zero-order chi connectivity index (χ0) is 29.3. The normalized spacial score (nSPS) is 10.7. The van der Waals surface area contributed by atoms with Gasteiger partial charge in [0.25, 0.3) is 0 Å². The van der Waals surface area contributed by atoms with Crippen LogP contribution in [-0.2, 0) is 24.3 Å². The Bertz CT molecular complexity index is 1660. The van der Waals surface area contributed by atoms with Gasteiger partial charge in [-0.15, -0.1) is 0 Å². The Morgan fingerprint density at radius 1 is 0.595 bits per heavy atom. The number of hydrogen-bond donors (Lipinski definition) is 2. The van der Waals surface area contributed by atoms with Gasteiger partial charge in [-0.3, -0.25) is 5.26 Å². The first kappa shape index (κ1) is 28.3. The van der Waals surface area contributed by atoms with Gasteiger partial charge in [-0.1, -0.05) is 78.9 Å². The largest absolute Gasteiger partial charge is 0.478 e. The molecule has 210 valence electrons. The van der Waals surface area contributed by atoms with E-state index in [1.54, 1.807) is 36.4 Å². The van der Waals surface area contributed by atoms with Gasteiger partial charge in [0.1, 0.15) is 23.9 Å². The maximum absolute atomic E-state index is 13.1. The molecular weight excluding hydrogens is 532 g/mol. The zero-order valence-corrected chi connectivity index (χ0v) is 22.6. The van der Waals surface area contributed by atoms with Gasteiger partial charge in [-0.25, -0.2) is 14.5 Å². The molecule has 0 heterocycles. The minimum absolute atomic E-state index is 0.0277. The van der Waals surface area contributed by atoms with Crippen molar-refractivity contribution in [2.75, 3.05) is 0 Å². The number of rotatable bonds is 11. The first-order valence-electron chi connectivity index (χ1n) is 13.3. The Kier molecular flexibility index (Phi) is 9.03. The number of carbonyl (C=O) groups excluding carboxylic acids is 1. The lowest BCUT2D eigenvalue weighted by molar-refractivity contribution is -0.253. The predicted octanol–water partition coefficient (Wildman–Crippen LogP) is 7.57. The highest BCUT2D eigenvalue weighted by Crippen LogP contribution is 2.30. The molecule has 7 nitrogen and oxygen atoms in total. The van der Waals surface area contributed by atoms with Crippen LogP contribution in [-0.4, -0.2) is 22.3 Å². The number of carboxylic acid groups (broad SMARTS) is 1. The van der Waals surface area contributed by atoms with E-state index >= 15 is 0 Å². The van der Waals surface area contributed by atoms with Crippen LogP contribution in [0, 0.1) is 0 Å². The van der Waals surface area contributed by atoms with Crippen molar-refractivity contribution in [2.45, 2.75) is 19.4 Å². The number of carboxylic acids is 1. The summed E-state index contributed by atoms with van der Waals surface area (Å²) in [4.78, 5) is 29.2. The Morgan fingerprint density at radius 2 is 1.17 bits per heavy atom. The molecule has 0 spiro atoms. The lowest BCUT2D eigenvalue weighted by Gasteiger charge is -2.13. The molecule has 5 aromatic rings. The molecule has 2 N–H and O–H groups in total. The first-order valence-corrected chi connectivity index (χ1v) is 13.3. The predicted molar refractivity (Wildman–Crippen MR) is 157 cm³/mol. The highest BCUT2D eigenvalue weighted by Gasteiger charge is 2.20. The summed E-state index contributed by atoms with van der Waals surface area (Å²) in [7, 11) is 0. The number of carbonyl (C=O) groups is 2. The van der Waals surface area contributed by atoms with Crippen LogP contribution in [0.2, 0.25) is 0 Å². The average molecular weight is 561 g/mol. The third kappa shape index (κ3) is 7.28. The molecule has 0 saturated carbocycles. The van der Waals surface area contributed by atoms with Gasteiger partial charge in [0, 0.05) is 5.56 Å². The van der Waals surface area contributed by atoms with Crippen molar-refractivity contribution in [3.63, 3.8) is 0 Å². The molecule has 5 aromatic carbocycles. The average Bonchev–Trinajstić information content (AvgIpc) is 3.00. The summed E-state index contributed by atoms with van der Waals surface area (Å²) in [5, 5.41) is 18.7. The summed E-state index contributed by atoms with van der Waals surface area (Å²) in [6.45, 7) is -0.0497. The van der Waals surface area contributed by atoms with E-state index in [0.29, 0.717) is 29.9 Å². The molecule has 0 aliphatic carbocycles. The van der Waals surface area contributed by atoms with Crippen molar-refractivity contribution in [3.05, 3.63) is 160 Å². The second-order valence-electron chi connectivity index (χ2n) is 9.69. The highest BCUT2D eigenvalue weighted by atomic mass is 17.1. The molecule has 0 aliphatic heterocycles. The van der Waals surface area contributed by atoms with Crippen LogP contribution >= 0.6 is 0 Å². The fourth-order valence-electron chi connectivity index (χ4n) is 4.58. The minimum atomic E-state index is -1.21. The summed E-state index contributed by atoms with van der Waals surface area (Å²) >= 11 is 0. The van der Waals surface area contributed by atoms with E-state index in [4.69, 9.17) is 14.7 Å². The quantitative estimate of drug-likeness (QED) is 0.0743. The van der Waals surface area contributed by atoms with E-state index in [0.717, 1.165) is 22.3 Å². The lowest BCUT2D eigenvalue weighted by Crippen LogP contribution is -2.14. The fraction of sp³-hybridized carbons (Fsp3) is 0.0857. The highest BCUT2D eigenvalue weighted by molar-refractivity contribution is 6.03. The second-order valence-corrected chi connectivity index (χ2v) is 9.69. The third-order valence-electron chi connectivity index (χ3n) is 6.65. The lowest BCUT2D eigenvalue weighted by atomic mass is 9.99. The molecule has 42 heavy (non-hydrogen) atoms. The molecular formula is C35H28O7. The number of benzene rings is 5. The van der Waals surface area contributed by atoms with Crippen molar-refractivity contribution in [2.24, 2.45) is 0 Å². The zero-order valence-electron chi connectivity index (χ0n) is 22.6.